The van der Waals surface area contributed by atoms with E-state index in [1.807, 2.05) is 0 Å². The zero-order chi connectivity index (χ0) is 19.4. The number of carbonyl (C=O) groups excluding carboxylic acids is 2. The van der Waals surface area contributed by atoms with Crippen LogP contribution in [0.2, 0.25) is 0 Å². The molecule has 0 spiro atoms. The van der Waals surface area contributed by atoms with Crippen molar-refractivity contribution in [1.29, 1.82) is 0 Å². The van der Waals surface area contributed by atoms with Crippen molar-refractivity contribution in [3.8, 4) is 5.75 Å². The number of phenols is 1. The van der Waals surface area contributed by atoms with Gasteiger partial charge in [0.15, 0.2) is 0 Å². The van der Waals surface area contributed by atoms with Crippen molar-refractivity contribution in [1.82, 2.24) is 10.2 Å². The number of phenolic OH excluding ortho intramolecular Hbond substituents is 1. The van der Waals surface area contributed by atoms with Crippen LogP contribution >= 0.6 is 0 Å². The van der Waals surface area contributed by atoms with Crippen molar-refractivity contribution in [2.45, 2.75) is 19.4 Å². The molecule has 0 radical (unpaired) electrons. The summed E-state index contributed by atoms with van der Waals surface area (Å²) in [5.41, 5.74) is 0.462. The highest BCUT2D eigenvalue weighted by molar-refractivity contribution is 5.94. The van der Waals surface area contributed by atoms with Crippen molar-refractivity contribution in [3.05, 3.63) is 65.2 Å². The Kier molecular flexibility index (Phi) is 5.69. The molecular weight excluding hydrogens is 354 g/mol. The van der Waals surface area contributed by atoms with E-state index < -0.39 is 17.5 Å². The van der Waals surface area contributed by atoms with Gasteiger partial charge in [-0.25, -0.2) is 8.78 Å². The second-order valence-corrected chi connectivity index (χ2v) is 6.54. The molecular formula is C20H20F2N2O3. The normalized spacial score (nSPS) is 14.8. The van der Waals surface area contributed by atoms with Gasteiger partial charge in [0.2, 0.25) is 5.91 Å². The number of carbonyl (C=O) groups is 2. The van der Waals surface area contributed by atoms with Gasteiger partial charge in [0.1, 0.15) is 17.4 Å². The first kappa shape index (κ1) is 18.8. The minimum absolute atomic E-state index is 0.125. The standard InChI is InChI=1S/C20H20F2N2O3/c21-15-5-6-16(17(22)11-15)20(27)24-9-7-13(8-10-24)19(26)23-12-14-3-1-2-4-18(14)25/h1-6,11,13,25H,7-10,12H2,(H,23,26). The number of likely N-dealkylation sites (tertiary alicyclic amines) is 1. The topological polar surface area (TPSA) is 69.6 Å². The number of rotatable bonds is 4. The van der Waals surface area contributed by atoms with Gasteiger partial charge in [-0.15, -0.1) is 0 Å². The molecule has 0 aromatic heterocycles. The quantitative estimate of drug-likeness (QED) is 0.865. The number of hydrogen-bond acceptors (Lipinski definition) is 3. The highest BCUT2D eigenvalue weighted by Crippen LogP contribution is 2.21. The van der Waals surface area contributed by atoms with E-state index in [1.54, 1.807) is 24.3 Å². The molecule has 1 aliphatic rings. The summed E-state index contributed by atoms with van der Waals surface area (Å²) in [7, 11) is 0. The Bertz CT molecular complexity index is 849. The molecule has 5 nitrogen and oxygen atoms in total. The first-order chi connectivity index (χ1) is 13.0. The van der Waals surface area contributed by atoms with Crippen molar-refractivity contribution in [3.63, 3.8) is 0 Å². The van der Waals surface area contributed by atoms with E-state index in [2.05, 4.69) is 5.32 Å². The van der Waals surface area contributed by atoms with Crippen LogP contribution in [-0.2, 0) is 11.3 Å². The third-order valence-electron chi connectivity index (χ3n) is 4.76. The molecule has 2 N–H and O–H groups in total. The maximum absolute atomic E-state index is 13.8. The molecule has 1 saturated heterocycles. The summed E-state index contributed by atoms with van der Waals surface area (Å²) >= 11 is 0. The summed E-state index contributed by atoms with van der Waals surface area (Å²) in [6, 6.07) is 9.64. The van der Waals surface area contributed by atoms with Crippen LogP contribution in [0.5, 0.6) is 5.75 Å². The van der Waals surface area contributed by atoms with Crippen molar-refractivity contribution >= 4 is 11.8 Å². The Morgan fingerprint density at radius 1 is 1.11 bits per heavy atom. The number of para-hydroxylation sites is 1. The summed E-state index contributed by atoms with van der Waals surface area (Å²) < 4.78 is 26.8. The highest BCUT2D eigenvalue weighted by atomic mass is 19.1. The number of halogens is 2. The Morgan fingerprint density at radius 2 is 1.81 bits per heavy atom. The van der Waals surface area contributed by atoms with E-state index >= 15 is 0 Å². The minimum atomic E-state index is -0.887. The first-order valence-corrected chi connectivity index (χ1v) is 8.74. The third kappa shape index (κ3) is 4.42. The summed E-state index contributed by atoms with van der Waals surface area (Å²) in [5, 5.41) is 12.5. The Labute approximate surface area is 155 Å². The molecule has 0 bridgehead atoms. The molecule has 0 atom stereocenters. The van der Waals surface area contributed by atoms with Crippen LogP contribution < -0.4 is 5.32 Å². The second-order valence-electron chi connectivity index (χ2n) is 6.54. The van der Waals surface area contributed by atoms with Crippen LogP contribution in [0.3, 0.4) is 0 Å². The van der Waals surface area contributed by atoms with Crippen LogP contribution in [0.1, 0.15) is 28.8 Å². The lowest BCUT2D eigenvalue weighted by Gasteiger charge is -2.31. The van der Waals surface area contributed by atoms with Gasteiger partial charge in [-0.05, 0) is 31.0 Å². The SMILES string of the molecule is O=C(NCc1ccccc1O)C1CCN(C(=O)c2ccc(F)cc2F)CC1. The molecule has 0 unspecified atom stereocenters. The van der Waals surface area contributed by atoms with Crippen molar-refractivity contribution < 1.29 is 23.5 Å². The molecule has 2 aromatic carbocycles. The number of piperidine rings is 1. The predicted molar refractivity (Wildman–Crippen MR) is 94.9 cm³/mol. The number of nitrogens with zero attached hydrogens (tertiary/aromatic N) is 1. The van der Waals surface area contributed by atoms with Gasteiger partial charge in [0.05, 0.1) is 5.56 Å². The maximum atomic E-state index is 13.8. The van der Waals surface area contributed by atoms with Gasteiger partial charge in [-0.1, -0.05) is 18.2 Å². The molecule has 27 heavy (non-hydrogen) atoms. The smallest absolute Gasteiger partial charge is 0.256 e. The average molecular weight is 374 g/mol. The van der Waals surface area contributed by atoms with Gasteiger partial charge < -0.3 is 15.3 Å². The van der Waals surface area contributed by atoms with E-state index in [1.165, 1.54) is 4.90 Å². The summed E-state index contributed by atoms with van der Waals surface area (Å²) in [6.07, 6.45) is 0.919. The van der Waals surface area contributed by atoms with Gasteiger partial charge in [-0.2, -0.15) is 0 Å². The predicted octanol–water partition coefficient (Wildman–Crippen LogP) is 2.84. The fourth-order valence-corrected chi connectivity index (χ4v) is 3.17. The number of amides is 2. The van der Waals surface area contributed by atoms with Crippen molar-refractivity contribution in [2.75, 3.05) is 13.1 Å². The second kappa shape index (κ2) is 8.16. The number of aromatic hydroxyl groups is 1. The van der Waals surface area contributed by atoms with Crippen LogP contribution in [0.4, 0.5) is 8.78 Å². The molecule has 0 saturated carbocycles. The Hall–Kier alpha value is -2.96. The largest absolute Gasteiger partial charge is 0.508 e. The number of nitrogens with one attached hydrogen (secondary N) is 1. The minimum Gasteiger partial charge on any atom is -0.508 e. The van der Waals surface area contributed by atoms with Crippen LogP contribution in [0, 0.1) is 17.6 Å². The molecule has 2 aromatic rings. The molecule has 1 fully saturated rings. The van der Waals surface area contributed by atoms with E-state index in [9.17, 15) is 23.5 Å². The van der Waals surface area contributed by atoms with Gasteiger partial charge in [0, 0.05) is 37.2 Å². The fourth-order valence-electron chi connectivity index (χ4n) is 3.17. The molecule has 3 rings (SSSR count). The van der Waals surface area contributed by atoms with Gasteiger partial charge in [-0.3, -0.25) is 9.59 Å². The average Bonchev–Trinajstić information content (AvgIpc) is 2.67. The lowest BCUT2D eigenvalue weighted by Crippen LogP contribution is -2.43. The molecule has 1 aliphatic heterocycles. The maximum Gasteiger partial charge on any atom is 0.256 e. The monoisotopic (exact) mass is 374 g/mol. The van der Waals surface area contributed by atoms with Crippen LogP contribution in [0.25, 0.3) is 0 Å². The first-order valence-electron chi connectivity index (χ1n) is 8.74. The zero-order valence-electron chi connectivity index (χ0n) is 14.6. The lowest BCUT2D eigenvalue weighted by molar-refractivity contribution is -0.126. The van der Waals surface area contributed by atoms with Crippen LogP contribution in [-0.4, -0.2) is 34.9 Å². The van der Waals surface area contributed by atoms with E-state index in [0.717, 1.165) is 12.1 Å². The summed E-state index contributed by atoms with van der Waals surface area (Å²) in [4.78, 5) is 26.2. The summed E-state index contributed by atoms with van der Waals surface area (Å²) in [5.74, 6) is -2.39. The van der Waals surface area contributed by atoms with E-state index in [0.29, 0.717) is 37.6 Å². The molecule has 0 aliphatic carbocycles. The molecule has 7 heteroatoms. The third-order valence-corrected chi connectivity index (χ3v) is 4.76. The van der Waals surface area contributed by atoms with Crippen LogP contribution in [0.15, 0.2) is 42.5 Å². The fraction of sp³-hybridized carbons (Fsp3) is 0.300. The number of hydrogen-bond donors (Lipinski definition) is 2. The van der Waals surface area contributed by atoms with E-state index in [4.69, 9.17) is 0 Å². The van der Waals surface area contributed by atoms with Gasteiger partial charge in [0.25, 0.3) is 5.91 Å². The Balaban J connectivity index is 1.53. The lowest BCUT2D eigenvalue weighted by atomic mass is 9.95. The molecule has 142 valence electrons. The van der Waals surface area contributed by atoms with Gasteiger partial charge >= 0.3 is 0 Å². The summed E-state index contributed by atoms with van der Waals surface area (Å²) in [6.45, 7) is 0.875. The molecule has 2 amide bonds. The molecule has 1 heterocycles. The number of benzene rings is 2. The van der Waals surface area contributed by atoms with E-state index in [-0.39, 0.29) is 29.7 Å². The zero-order valence-corrected chi connectivity index (χ0v) is 14.6. The Morgan fingerprint density at radius 3 is 2.48 bits per heavy atom. The highest BCUT2D eigenvalue weighted by Gasteiger charge is 2.28. The van der Waals surface area contributed by atoms with Crippen molar-refractivity contribution in [2.24, 2.45) is 5.92 Å².